The van der Waals surface area contributed by atoms with Crippen LogP contribution in [0.5, 0.6) is 11.5 Å². The Morgan fingerprint density at radius 3 is 2.19 bits per heavy atom. The largest absolute Gasteiger partial charge is 0.486 e. The molecule has 162 valence electrons. The van der Waals surface area contributed by atoms with Crippen LogP contribution in [-0.2, 0) is 6.54 Å². The predicted molar refractivity (Wildman–Crippen MR) is 121 cm³/mol. The smallest absolute Gasteiger partial charge is 0.240 e. The minimum absolute atomic E-state index is 0.0568. The van der Waals surface area contributed by atoms with E-state index >= 15 is 0 Å². The van der Waals surface area contributed by atoms with E-state index in [1.807, 2.05) is 67.7 Å². The molecule has 0 N–H and O–H groups in total. The Bertz CT molecular complexity index is 1110. The fourth-order valence-electron chi connectivity index (χ4n) is 4.03. The molecule has 6 heteroatoms. The average Bonchev–Trinajstić information content (AvgIpc) is 3.28. The predicted octanol–water partition coefficient (Wildman–Crippen LogP) is 4.52. The average molecular weight is 428 g/mol. The van der Waals surface area contributed by atoms with Gasteiger partial charge in [-0.1, -0.05) is 78.0 Å². The van der Waals surface area contributed by atoms with Crippen LogP contribution in [-0.4, -0.2) is 41.3 Å². The number of aromatic nitrogens is 2. The van der Waals surface area contributed by atoms with E-state index in [1.165, 1.54) is 0 Å². The van der Waals surface area contributed by atoms with Gasteiger partial charge in [-0.15, -0.1) is 0 Å². The van der Waals surface area contributed by atoms with Crippen LogP contribution in [0.4, 0.5) is 0 Å². The fraction of sp³-hybridized carbons (Fsp3) is 0.231. The van der Waals surface area contributed by atoms with Crippen molar-refractivity contribution in [2.75, 3.05) is 20.2 Å². The lowest BCUT2D eigenvalue weighted by Gasteiger charge is -2.29. The molecular weight excluding hydrogens is 402 g/mol. The summed E-state index contributed by atoms with van der Waals surface area (Å²) in [6.45, 7) is 1.73. The molecule has 0 radical (unpaired) electrons. The minimum Gasteiger partial charge on any atom is -0.486 e. The summed E-state index contributed by atoms with van der Waals surface area (Å²) in [7, 11) is 2.01. The molecule has 2 heterocycles. The molecule has 5 rings (SSSR count). The van der Waals surface area contributed by atoms with E-state index in [1.54, 1.807) is 0 Å². The van der Waals surface area contributed by atoms with Crippen LogP contribution < -0.4 is 9.47 Å². The summed E-state index contributed by atoms with van der Waals surface area (Å²) >= 11 is 0. The van der Waals surface area contributed by atoms with Crippen molar-refractivity contribution in [1.29, 1.82) is 0 Å². The lowest BCUT2D eigenvalue weighted by atomic mass is 9.91. The van der Waals surface area contributed by atoms with Crippen LogP contribution in [0.3, 0.4) is 0 Å². The first-order valence-electron chi connectivity index (χ1n) is 10.8. The molecule has 0 aliphatic carbocycles. The third-order valence-corrected chi connectivity index (χ3v) is 5.50. The maximum absolute atomic E-state index is 6.07. The number of ether oxygens (including phenoxy) is 2. The van der Waals surface area contributed by atoms with Crippen molar-refractivity contribution in [2.45, 2.75) is 18.6 Å². The van der Waals surface area contributed by atoms with Gasteiger partial charge < -0.3 is 14.0 Å². The maximum atomic E-state index is 6.07. The highest BCUT2D eigenvalue weighted by Gasteiger charge is 2.25. The first-order chi connectivity index (χ1) is 15.8. The zero-order chi connectivity index (χ0) is 21.8. The summed E-state index contributed by atoms with van der Waals surface area (Å²) in [5.74, 6) is 2.74. The van der Waals surface area contributed by atoms with E-state index in [9.17, 15) is 0 Å². The topological polar surface area (TPSA) is 60.6 Å². The number of hydrogen-bond acceptors (Lipinski definition) is 6. The number of benzene rings is 3. The second-order valence-corrected chi connectivity index (χ2v) is 8.00. The Balaban J connectivity index is 1.28. The van der Waals surface area contributed by atoms with Crippen LogP contribution in [0.25, 0.3) is 0 Å². The van der Waals surface area contributed by atoms with Crippen LogP contribution in [0.2, 0.25) is 0 Å². The molecule has 0 amide bonds. The van der Waals surface area contributed by atoms with Crippen LogP contribution in [0, 0.1) is 0 Å². The standard InChI is InChI=1S/C26H25N3O3/c1-29(16-21-18-30-22-14-8-9-15-23(22)31-21)17-24-27-26(28-32-24)25(19-10-4-2-5-11-19)20-12-6-3-7-13-20/h2-15,21,25H,16-18H2,1H3/t21-/m1/s1. The number of hydrogen-bond donors (Lipinski definition) is 0. The van der Waals surface area contributed by atoms with Gasteiger partial charge in [0, 0.05) is 6.54 Å². The fourth-order valence-corrected chi connectivity index (χ4v) is 4.03. The molecule has 3 aromatic carbocycles. The van der Waals surface area contributed by atoms with Crippen molar-refractivity contribution in [2.24, 2.45) is 0 Å². The van der Waals surface area contributed by atoms with E-state index in [2.05, 4.69) is 34.3 Å². The van der Waals surface area contributed by atoms with Gasteiger partial charge in [0.05, 0.1) is 12.5 Å². The molecule has 1 aromatic heterocycles. The van der Waals surface area contributed by atoms with E-state index in [4.69, 9.17) is 19.0 Å². The number of nitrogens with zero attached hydrogens (tertiary/aromatic N) is 3. The lowest BCUT2D eigenvalue weighted by molar-refractivity contribution is 0.0613. The zero-order valence-corrected chi connectivity index (χ0v) is 17.9. The number of rotatable bonds is 7. The summed E-state index contributed by atoms with van der Waals surface area (Å²) in [5, 5.41) is 4.33. The van der Waals surface area contributed by atoms with E-state index < -0.39 is 0 Å². The maximum Gasteiger partial charge on any atom is 0.240 e. The van der Waals surface area contributed by atoms with Crippen LogP contribution >= 0.6 is 0 Å². The van der Waals surface area contributed by atoms with Crippen molar-refractivity contribution in [3.63, 3.8) is 0 Å². The summed E-state index contributed by atoms with van der Waals surface area (Å²) in [6.07, 6.45) is -0.0568. The SMILES string of the molecule is CN(Cc1nc(C(c2ccccc2)c2ccccc2)no1)C[C@@H]1COc2ccccc2O1. The zero-order valence-electron chi connectivity index (χ0n) is 17.9. The molecule has 32 heavy (non-hydrogen) atoms. The molecule has 0 spiro atoms. The highest BCUT2D eigenvalue weighted by Crippen LogP contribution is 2.32. The van der Waals surface area contributed by atoms with Crippen molar-refractivity contribution < 1.29 is 14.0 Å². The number of fused-ring (bicyclic) bond motifs is 1. The molecule has 0 saturated heterocycles. The van der Waals surface area contributed by atoms with Gasteiger partial charge in [-0.2, -0.15) is 4.98 Å². The Morgan fingerprint density at radius 2 is 1.50 bits per heavy atom. The van der Waals surface area contributed by atoms with E-state index in [-0.39, 0.29) is 12.0 Å². The van der Waals surface area contributed by atoms with Gasteiger partial charge in [0.15, 0.2) is 17.3 Å². The Kier molecular flexibility index (Phi) is 5.85. The van der Waals surface area contributed by atoms with E-state index in [0.717, 1.165) is 22.6 Å². The molecule has 6 nitrogen and oxygen atoms in total. The van der Waals surface area contributed by atoms with Crippen LogP contribution in [0.15, 0.2) is 89.5 Å². The van der Waals surface area contributed by atoms with Crippen molar-refractivity contribution in [3.8, 4) is 11.5 Å². The van der Waals surface area contributed by atoms with Crippen LogP contribution in [0.1, 0.15) is 28.8 Å². The summed E-state index contributed by atoms with van der Waals surface area (Å²) < 4.78 is 17.5. The molecule has 1 atom stereocenters. The van der Waals surface area contributed by atoms with Gasteiger partial charge in [-0.3, -0.25) is 4.90 Å². The molecule has 0 saturated carbocycles. The molecule has 0 fully saturated rings. The highest BCUT2D eigenvalue weighted by atomic mass is 16.6. The van der Waals surface area contributed by atoms with Gasteiger partial charge in [0.2, 0.25) is 5.89 Å². The molecule has 0 bridgehead atoms. The second kappa shape index (κ2) is 9.24. The van der Waals surface area contributed by atoms with Gasteiger partial charge in [-0.25, -0.2) is 0 Å². The minimum atomic E-state index is -0.0771. The van der Waals surface area contributed by atoms with Gasteiger partial charge in [0.1, 0.15) is 12.7 Å². The van der Waals surface area contributed by atoms with Crippen molar-refractivity contribution in [3.05, 3.63) is 108 Å². The Hall–Kier alpha value is -3.64. The first kappa shape index (κ1) is 20.3. The monoisotopic (exact) mass is 427 g/mol. The van der Waals surface area contributed by atoms with Crippen molar-refractivity contribution in [1.82, 2.24) is 15.0 Å². The van der Waals surface area contributed by atoms with E-state index in [0.29, 0.717) is 31.4 Å². The number of likely N-dealkylation sites (N-methyl/N-ethyl adjacent to an activating group) is 1. The van der Waals surface area contributed by atoms with Crippen molar-refractivity contribution >= 4 is 0 Å². The third-order valence-electron chi connectivity index (χ3n) is 5.50. The summed E-state index contributed by atoms with van der Waals surface area (Å²) in [4.78, 5) is 6.85. The number of para-hydroxylation sites is 2. The van der Waals surface area contributed by atoms with Gasteiger partial charge >= 0.3 is 0 Å². The summed E-state index contributed by atoms with van der Waals surface area (Å²) in [5.41, 5.74) is 2.26. The summed E-state index contributed by atoms with van der Waals surface area (Å²) in [6, 6.07) is 28.3. The highest BCUT2D eigenvalue weighted by molar-refractivity contribution is 5.41. The quantitative estimate of drug-likeness (QED) is 0.432. The molecule has 1 aliphatic rings. The molecule has 4 aromatic rings. The Morgan fingerprint density at radius 1 is 0.875 bits per heavy atom. The molecule has 1 aliphatic heterocycles. The lowest BCUT2D eigenvalue weighted by Crippen LogP contribution is -2.39. The first-order valence-corrected chi connectivity index (χ1v) is 10.8. The second-order valence-electron chi connectivity index (χ2n) is 8.00. The normalized spacial score (nSPS) is 15.3. The molecule has 0 unspecified atom stereocenters. The van der Waals surface area contributed by atoms with Gasteiger partial charge in [0.25, 0.3) is 0 Å². The molecular formula is C26H25N3O3. The Labute approximate surface area is 187 Å². The van der Waals surface area contributed by atoms with Gasteiger partial charge in [-0.05, 0) is 30.3 Å². The third kappa shape index (κ3) is 4.50.